The first kappa shape index (κ1) is 24.6. The average Bonchev–Trinajstić information content (AvgIpc) is 3.25. The van der Waals surface area contributed by atoms with Crippen molar-refractivity contribution in [2.45, 2.75) is 52.1 Å². The minimum absolute atomic E-state index is 0.329. The Kier molecular flexibility index (Phi) is 7.94. The second-order valence-electron chi connectivity index (χ2n) is 8.34. The maximum absolute atomic E-state index is 13.2. The summed E-state index contributed by atoms with van der Waals surface area (Å²) in [6.45, 7) is 2.70. The van der Waals surface area contributed by atoms with Crippen LogP contribution in [0.15, 0.2) is 64.2 Å². The summed E-state index contributed by atoms with van der Waals surface area (Å²) in [7, 11) is 0. The molecule has 2 aromatic heterocycles. The zero-order chi connectivity index (χ0) is 24.8. The van der Waals surface area contributed by atoms with Crippen LogP contribution < -0.4 is 15.4 Å². The van der Waals surface area contributed by atoms with Gasteiger partial charge < -0.3 is 9.17 Å². The van der Waals surface area contributed by atoms with Gasteiger partial charge in [-0.15, -0.1) is 0 Å². The van der Waals surface area contributed by atoms with E-state index < -0.39 is 11.4 Å². The average molecular weight is 497 g/mol. The Morgan fingerprint density at radius 2 is 1.77 bits per heavy atom. The highest BCUT2D eigenvalue weighted by Crippen LogP contribution is 2.17. The first-order chi connectivity index (χ1) is 17.0. The molecular formula is C25H28N4O5S. The molecule has 0 aliphatic carbocycles. The van der Waals surface area contributed by atoms with Gasteiger partial charge in [0, 0.05) is 19.5 Å². The number of fused-ring (bicyclic) bond motifs is 1. The molecule has 184 valence electrons. The summed E-state index contributed by atoms with van der Waals surface area (Å²) in [5.41, 5.74) is 2.08. The number of hydrogen-bond donors (Lipinski definition) is 2. The molecule has 0 aliphatic heterocycles. The van der Waals surface area contributed by atoms with Gasteiger partial charge in [-0.25, -0.2) is 9.78 Å². The van der Waals surface area contributed by atoms with Crippen molar-refractivity contribution in [1.82, 2.24) is 19.1 Å². The van der Waals surface area contributed by atoms with E-state index in [1.807, 2.05) is 43.3 Å². The van der Waals surface area contributed by atoms with Gasteiger partial charge in [0.15, 0.2) is 5.65 Å². The number of aromatic nitrogens is 4. The van der Waals surface area contributed by atoms with Crippen LogP contribution in [0.4, 0.5) is 0 Å². The Morgan fingerprint density at radius 1 is 1.00 bits per heavy atom. The predicted molar refractivity (Wildman–Crippen MR) is 135 cm³/mol. The topological polar surface area (TPSA) is 119 Å². The van der Waals surface area contributed by atoms with Crippen molar-refractivity contribution in [3.05, 3.63) is 92.4 Å². The van der Waals surface area contributed by atoms with Gasteiger partial charge in [0.25, 0.3) is 5.56 Å². The van der Waals surface area contributed by atoms with Crippen LogP contribution >= 0.6 is 0 Å². The fraction of sp³-hybridized carbons (Fsp3) is 0.320. The van der Waals surface area contributed by atoms with Crippen molar-refractivity contribution < 1.29 is 12.9 Å². The first-order valence-corrected chi connectivity index (χ1v) is 12.6. The number of imidazole rings is 1. The van der Waals surface area contributed by atoms with Crippen molar-refractivity contribution in [2.24, 2.45) is 0 Å². The largest absolute Gasteiger partial charge is 0.380 e. The summed E-state index contributed by atoms with van der Waals surface area (Å²) in [5, 5.41) is 0. The fourth-order valence-electron chi connectivity index (χ4n) is 4.14. The lowest BCUT2D eigenvalue weighted by atomic mass is 10.1. The lowest BCUT2D eigenvalue weighted by Gasteiger charge is -2.11. The summed E-state index contributed by atoms with van der Waals surface area (Å²) in [6.07, 6.45) is 3.38. The Hall–Kier alpha value is -3.50. The molecule has 2 heterocycles. The number of hydrogen-bond acceptors (Lipinski definition) is 5. The van der Waals surface area contributed by atoms with Crippen LogP contribution in [-0.4, -0.2) is 27.9 Å². The molecule has 4 rings (SSSR count). The van der Waals surface area contributed by atoms with E-state index in [0.717, 1.165) is 17.5 Å². The van der Waals surface area contributed by atoms with Crippen molar-refractivity contribution in [3.63, 3.8) is 0 Å². The van der Waals surface area contributed by atoms with E-state index in [1.165, 1.54) is 4.57 Å². The molecule has 4 aromatic rings. The SMILES string of the molecule is CCCn1c(=O)c2[nH]c(Cc3ccccc3)nc2n(CCCCc2cccc(OS(=O)O)c2)c1=O. The summed E-state index contributed by atoms with van der Waals surface area (Å²) in [5.74, 6) is 0.971. The summed E-state index contributed by atoms with van der Waals surface area (Å²) < 4.78 is 27.5. The molecule has 2 N–H and O–H groups in total. The van der Waals surface area contributed by atoms with Crippen molar-refractivity contribution >= 4 is 22.5 Å². The van der Waals surface area contributed by atoms with Crippen LogP contribution in [0.5, 0.6) is 5.75 Å². The fourth-order valence-corrected chi connectivity index (χ4v) is 4.41. The summed E-state index contributed by atoms with van der Waals surface area (Å²) >= 11 is -2.37. The summed E-state index contributed by atoms with van der Waals surface area (Å²) in [6, 6.07) is 16.9. The second kappa shape index (κ2) is 11.3. The standard InChI is InChI=1S/C25H28N4O5S/c1-2-14-29-24(30)22-23(27-21(26-22)17-19-9-4-3-5-10-19)28(25(29)31)15-7-6-11-18-12-8-13-20(16-18)34-35(32)33/h3-5,8-10,12-13,16H,2,6-7,11,14-15,17H2,1H3,(H,26,27)(H,32,33). The number of rotatable bonds is 11. The maximum Gasteiger partial charge on any atom is 0.357 e. The molecule has 0 amide bonds. The molecule has 0 saturated heterocycles. The van der Waals surface area contributed by atoms with Gasteiger partial charge in [-0.1, -0.05) is 49.4 Å². The molecule has 35 heavy (non-hydrogen) atoms. The van der Waals surface area contributed by atoms with E-state index in [2.05, 4.69) is 9.97 Å². The van der Waals surface area contributed by atoms with Crippen LogP contribution in [-0.2, 0) is 37.3 Å². The van der Waals surface area contributed by atoms with E-state index in [1.54, 1.807) is 22.8 Å². The first-order valence-electron chi connectivity index (χ1n) is 11.6. The number of benzene rings is 2. The van der Waals surface area contributed by atoms with Crippen molar-refractivity contribution in [3.8, 4) is 5.75 Å². The summed E-state index contributed by atoms with van der Waals surface area (Å²) in [4.78, 5) is 34.0. The van der Waals surface area contributed by atoms with Gasteiger partial charge in [0.2, 0.25) is 0 Å². The minimum atomic E-state index is -2.37. The monoisotopic (exact) mass is 496 g/mol. The number of unbranched alkanes of at least 4 members (excludes halogenated alkanes) is 1. The van der Waals surface area contributed by atoms with Crippen molar-refractivity contribution in [1.29, 1.82) is 0 Å². The highest BCUT2D eigenvalue weighted by Gasteiger charge is 2.17. The number of H-pyrrole nitrogens is 1. The number of nitrogens with one attached hydrogen (secondary N) is 1. The van der Waals surface area contributed by atoms with Crippen LogP contribution in [0.25, 0.3) is 11.2 Å². The van der Waals surface area contributed by atoms with Crippen LogP contribution in [0, 0.1) is 0 Å². The smallest absolute Gasteiger partial charge is 0.357 e. The zero-order valence-electron chi connectivity index (χ0n) is 19.5. The van der Waals surface area contributed by atoms with Crippen LogP contribution in [0.3, 0.4) is 0 Å². The van der Waals surface area contributed by atoms with E-state index in [0.29, 0.717) is 61.5 Å². The quantitative estimate of drug-likeness (QED) is 0.243. The lowest BCUT2D eigenvalue weighted by Crippen LogP contribution is -2.40. The van der Waals surface area contributed by atoms with Crippen LogP contribution in [0.2, 0.25) is 0 Å². The molecule has 0 spiro atoms. The molecule has 0 radical (unpaired) electrons. The highest BCUT2D eigenvalue weighted by molar-refractivity contribution is 7.74. The van der Waals surface area contributed by atoms with Gasteiger partial charge in [-0.2, -0.15) is 4.21 Å². The van der Waals surface area contributed by atoms with E-state index in [-0.39, 0.29) is 11.2 Å². The van der Waals surface area contributed by atoms with Crippen LogP contribution in [0.1, 0.15) is 43.1 Å². The van der Waals surface area contributed by atoms with E-state index in [4.69, 9.17) is 8.74 Å². The van der Waals surface area contributed by atoms with E-state index >= 15 is 0 Å². The molecule has 10 heteroatoms. The molecule has 9 nitrogen and oxygen atoms in total. The number of nitrogens with zero attached hydrogens (tertiary/aromatic N) is 3. The lowest BCUT2D eigenvalue weighted by molar-refractivity contribution is 0.457. The highest BCUT2D eigenvalue weighted by atomic mass is 32.2. The Balaban J connectivity index is 1.55. The van der Waals surface area contributed by atoms with Gasteiger partial charge in [-0.05, 0) is 48.9 Å². The number of aromatic amines is 1. The molecule has 0 bridgehead atoms. The third-order valence-electron chi connectivity index (χ3n) is 5.73. The third-order valence-corrected chi connectivity index (χ3v) is 6.07. The zero-order valence-corrected chi connectivity index (χ0v) is 20.3. The molecule has 0 fully saturated rings. The second-order valence-corrected chi connectivity index (χ2v) is 8.94. The van der Waals surface area contributed by atoms with Gasteiger partial charge >= 0.3 is 17.1 Å². The van der Waals surface area contributed by atoms with E-state index in [9.17, 15) is 13.8 Å². The third kappa shape index (κ3) is 5.95. The molecule has 0 aliphatic rings. The Morgan fingerprint density at radius 3 is 2.51 bits per heavy atom. The van der Waals surface area contributed by atoms with Crippen molar-refractivity contribution in [2.75, 3.05) is 0 Å². The Bertz CT molecular complexity index is 1440. The maximum atomic E-state index is 13.2. The molecular weight excluding hydrogens is 468 g/mol. The molecule has 0 saturated carbocycles. The van der Waals surface area contributed by atoms with Gasteiger partial charge in [-0.3, -0.25) is 18.5 Å². The van der Waals surface area contributed by atoms with Gasteiger partial charge in [0.1, 0.15) is 17.1 Å². The molecule has 2 aromatic carbocycles. The predicted octanol–water partition coefficient (Wildman–Crippen LogP) is 3.43. The number of aryl methyl sites for hydroxylation is 2. The Labute approximate surface area is 204 Å². The minimum Gasteiger partial charge on any atom is -0.380 e. The molecule has 1 atom stereocenters. The normalized spacial score (nSPS) is 12.2. The van der Waals surface area contributed by atoms with Gasteiger partial charge in [0.05, 0.1) is 0 Å². The molecule has 1 unspecified atom stereocenters.